The highest BCUT2D eigenvalue weighted by Gasteiger charge is 2.10. The molecule has 1 rings (SSSR count). The molecule has 0 aliphatic heterocycles. The zero-order chi connectivity index (χ0) is 12.7. The number of rotatable bonds is 6. The van der Waals surface area contributed by atoms with Gasteiger partial charge >= 0.3 is 5.97 Å². The summed E-state index contributed by atoms with van der Waals surface area (Å²) in [6.45, 7) is 5.85. The van der Waals surface area contributed by atoms with Gasteiger partial charge in [-0.2, -0.15) is 0 Å². The van der Waals surface area contributed by atoms with E-state index in [4.69, 9.17) is 4.74 Å². The van der Waals surface area contributed by atoms with Crippen LogP contribution in [0, 0.1) is 0 Å². The maximum absolute atomic E-state index is 11.4. The summed E-state index contributed by atoms with van der Waals surface area (Å²) >= 11 is 0. The van der Waals surface area contributed by atoms with Crippen LogP contribution in [0.15, 0.2) is 24.3 Å². The molecule has 0 atom stereocenters. The number of benzene rings is 1. The van der Waals surface area contributed by atoms with Crippen molar-refractivity contribution in [2.24, 2.45) is 0 Å². The molecule has 0 fully saturated rings. The molecule has 1 aromatic rings. The van der Waals surface area contributed by atoms with Gasteiger partial charge in [0.15, 0.2) is 0 Å². The second-order valence-corrected chi connectivity index (χ2v) is 3.78. The lowest BCUT2D eigenvalue weighted by Gasteiger charge is -2.19. The summed E-state index contributed by atoms with van der Waals surface area (Å²) < 4.78 is 4.91. The van der Waals surface area contributed by atoms with Crippen LogP contribution in [0.4, 0.5) is 0 Å². The molecule has 4 nitrogen and oxygen atoms in total. The minimum absolute atomic E-state index is 0.213. The molecule has 0 saturated heterocycles. The van der Waals surface area contributed by atoms with Crippen LogP contribution in [0.2, 0.25) is 0 Å². The Bertz CT molecular complexity index is 365. The minimum atomic E-state index is -0.213. The van der Waals surface area contributed by atoms with Crippen LogP contribution in [0.25, 0.3) is 0 Å². The average Bonchev–Trinajstić information content (AvgIpc) is 2.28. The minimum Gasteiger partial charge on any atom is -0.508 e. The number of ether oxygens (including phenoxy) is 1. The zero-order valence-corrected chi connectivity index (χ0v) is 10.3. The Morgan fingerprint density at radius 1 is 1.41 bits per heavy atom. The standard InChI is InChI=1S/C13H19NO3/c1-3-14(10-13(16)17-4-2)9-11-6-5-7-12(15)8-11/h5-8,15H,3-4,9-10H2,1-2H3. The van der Waals surface area contributed by atoms with Gasteiger partial charge in [0.1, 0.15) is 5.75 Å². The van der Waals surface area contributed by atoms with E-state index in [-0.39, 0.29) is 18.3 Å². The molecular weight excluding hydrogens is 218 g/mol. The predicted octanol–water partition coefficient (Wildman–Crippen LogP) is 1.78. The van der Waals surface area contributed by atoms with Crippen LogP contribution in [0.5, 0.6) is 5.75 Å². The first kappa shape index (κ1) is 13.5. The van der Waals surface area contributed by atoms with E-state index < -0.39 is 0 Å². The molecule has 0 amide bonds. The number of carbonyl (C=O) groups is 1. The van der Waals surface area contributed by atoms with E-state index in [9.17, 15) is 9.90 Å². The van der Waals surface area contributed by atoms with E-state index in [1.165, 1.54) is 0 Å². The molecule has 0 aliphatic carbocycles. The molecule has 0 saturated carbocycles. The molecule has 1 aromatic carbocycles. The van der Waals surface area contributed by atoms with Gasteiger partial charge in [0.05, 0.1) is 13.2 Å². The van der Waals surface area contributed by atoms with Crippen molar-refractivity contribution in [2.45, 2.75) is 20.4 Å². The molecule has 17 heavy (non-hydrogen) atoms. The smallest absolute Gasteiger partial charge is 0.320 e. The first-order chi connectivity index (χ1) is 8.15. The van der Waals surface area contributed by atoms with Gasteiger partial charge in [-0.3, -0.25) is 9.69 Å². The average molecular weight is 237 g/mol. The van der Waals surface area contributed by atoms with Crippen molar-refractivity contribution in [3.63, 3.8) is 0 Å². The summed E-state index contributed by atoms with van der Waals surface area (Å²) in [5, 5.41) is 9.35. The lowest BCUT2D eigenvalue weighted by molar-refractivity contribution is -0.144. The Kier molecular flexibility index (Phi) is 5.49. The molecule has 0 radical (unpaired) electrons. The van der Waals surface area contributed by atoms with E-state index in [0.717, 1.165) is 12.1 Å². The first-order valence-corrected chi connectivity index (χ1v) is 5.81. The van der Waals surface area contributed by atoms with Crippen molar-refractivity contribution in [1.82, 2.24) is 4.90 Å². The number of aromatic hydroxyl groups is 1. The van der Waals surface area contributed by atoms with Crippen molar-refractivity contribution < 1.29 is 14.6 Å². The fraction of sp³-hybridized carbons (Fsp3) is 0.462. The third-order valence-electron chi connectivity index (χ3n) is 2.42. The molecule has 1 N–H and O–H groups in total. The summed E-state index contributed by atoms with van der Waals surface area (Å²) in [5.41, 5.74) is 0.983. The Labute approximate surface area is 102 Å². The second-order valence-electron chi connectivity index (χ2n) is 3.78. The van der Waals surface area contributed by atoms with E-state index in [0.29, 0.717) is 13.2 Å². The molecular formula is C13H19NO3. The lowest BCUT2D eigenvalue weighted by Crippen LogP contribution is -2.30. The third-order valence-corrected chi connectivity index (χ3v) is 2.42. The summed E-state index contributed by atoms with van der Waals surface area (Å²) in [6.07, 6.45) is 0. The van der Waals surface area contributed by atoms with Crippen molar-refractivity contribution in [3.8, 4) is 5.75 Å². The van der Waals surface area contributed by atoms with Crippen molar-refractivity contribution in [3.05, 3.63) is 29.8 Å². The highest BCUT2D eigenvalue weighted by atomic mass is 16.5. The van der Waals surface area contributed by atoms with Crippen LogP contribution in [0.1, 0.15) is 19.4 Å². The van der Waals surface area contributed by atoms with Gasteiger partial charge in [0.25, 0.3) is 0 Å². The molecule has 0 bridgehead atoms. The number of likely N-dealkylation sites (N-methyl/N-ethyl adjacent to an activating group) is 1. The van der Waals surface area contributed by atoms with Crippen LogP contribution < -0.4 is 0 Å². The van der Waals surface area contributed by atoms with Crippen LogP contribution >= 0.6 is 0 Å². The molecule has 4 heteroatoms. The highest BCUT2D eigenvalue weighted by Crippen LogP contribution is 2.12. The SMILES string of the molecule is CCOC(=O)CN(CC)Cc1cccc(O)c1. The van der Waals surface area contributed by atoms with Gasteiger partial charge < -0.3 is 9.84 Å². The summed E-state index contributed by atoms with van der Waals surface area (Å²) in [7, 11) is 0. The maximum atomic E-state index is 11.4. The number of nitrogens with zero attached hydrogens (tertiary/aromatic N) is 1. The normalized spacial score (nSPS) is 10.5. The monoisotopic (exact) mass is 237 g/mol. The lowest BCUT2D eigenvalue weighted by atomic mass is 10.2. The Balaban J connectivity index is 2.54. The van der Waals surface area contributed by atoms with Crippen LogP contribution in [0.3, 0.4) is 0 Å². The second kappa shape index (κ2) is 6.91. The Morgan fingerprint density at radius 3 is 2.76 bits per heavy atom. The Morgan fingerprint density at radius 2 is 2.18 bits per heavy atom. The number of esters is 1. The van der Waals surface area contributed by atoms with Crippen LogP contribution in [-0.2, 0) is 16.1 Å². The quantitative estimate of drug-likeness (QED) is 0.766. The van der Waals surface area contributed by atoms with Gasteiger partial charge in [-0.25, -0.2) is 0 Å². The predicted molar refractivity (Wildman–Crippen MR) is 65.7 cm³/mol. The number of hydrogen-bond donors (Lipinski definition) is 1. The van der Waals surface area contributed by atoms with Crippen molar-refractivity contribution >= 4 is 5.97 Å². The number of phenols is 1. The van der Waals surface area contributed by atoms with Gasteiger partial charge in [0, 0.05) is 6.54 Å². The summed E-state index contributed by atoms with van der Waals surface area (Å²) in [4.78, 5) is 13.3. The van der Waals surface area contributed by atoms with E-state index in [2.05, 4.69) is 0 Å². The first-order valence-electron chi connectivity index (χ1n) is 5.81. The van der Waals surface area contributed by atoms with Gasteiger partial charge in [-0.15, -0.1) is 0 Å². The molecule has 0 heterocycles. The maximum Gasteiger partial charge on any atom is 0.320 e. The largest absolute Gasteiger partial charge is 0.508 e. The number of phenolic OH excluding ortho intramolecular Hbond substituents is 1. The highest BCUT2D eigenvalue weighted by molar-refractivity contribution is 5.71. The molecule has 0 aromatic heterocycles. The number of hydrogen-bond acceptors (Lipinski definition) is 4. The van der Waals surface area contributed by atoms with E-state index >= 15 is 0 Å². The Hall–Kier alpha value is -1.55. The van der Waals surface area contributed by atoms with Crippen molar-refractivity contribution in [1.29, 1.82) is 0 Å². The van der Waals surface area contributed by atoms with Crippen LogP contribution in [-0.4, -0.2) is 35.7 Å². The molecule has 0 unspecified atom stereocenters. The topological polar surface area (TPSA) is 49.8 Å². The fourth-order valence-corrected chi connectivity index (χ4v) is 1.58. The van der Waals surface area contributed by atoms with E-state index in [1.54, 1.807) is 25.1 Å². The molecule has 94 valence electrons. The number of carbonyl (C=O) groups excluding carboxylic acids is 1. The molecule has 0 spiro atoms. The molecule has 0 aliphatic rings. The van der Waals surface area contributed by atoms with Gasteiger partial charge in [0.2, 0.25) is 0 Å². The third kappa shape index (κ3) is 4.87. The zero-order valence-electron chi connectivity index (χ0n) is 10.3. The van der Waals surface area contributed by atoms with Gasteiger partial charge in [-0.1, -0.05) is 19.1 Å². The van der Waals surface area contributed by atoms with Gasteiger partial charge in [-0.05, 0) is 31.2 Å². The summed E-state index contributed by atoms with van der Waals surface area (Å²) in [5.74, 6) is 0.0317. The van der Waals surface area contributed by atoms with E-state index in [1.807, 2.05) is 17.9 Å². The summed E-state index contributed by atoms with van der Waals surface area (Å²) in [6, 6.07) is 7.05. The van der Waals surface area contributed by atoms with Crippen molar-refractivity contribution in [2.75, 3.05) is 19.7 Å². The fourth-order valence-electron chi connectivity index (χ4n) is 1.58.